The molecule has 0 radical (unpaired) electrons. The second-order valence-electron chi connectivity index (χ2n) is 3.34. The quantitative estimate of drug-likeness (QED) is 0.726. The van der Waals surface area contributed by atoms with E-state index in [1.807, 2.05) is 0 Å². The van der Waals surface area contributed by atoms with E-state index in [1.54, 1.807) is 0 Å². The highest BCUT2D eigenvalue weighted by molar-refractivity contribution is 7.15. The zero-order chi connectivity index (χ0) is 9.26. The Labute approximate surface area is 86.1 Å². The molecule has 0 bridgehead atoms. The van der Waals surface area contributed by atoms with Crippen molar-refractivity contribution in [1.29, 1.82) is 0 Å². The van der Waals surface area contributed by atoms with E-state index >= 15 is 0 Å². The first-order chi connectivity index (χ1) is 6.27. The molecule has 1 saturated heterocycles. The lowest BCUT2D eigenvalue weighted by atomic mass is 9.91. The highest BCUT2D eigenvalue weighted by Crippen LogP contribution is 2.34. The van der Waals surface area contributed by atoms with Gasteiger partial charge in [0.05, 0.1) is 0 Å². The molecule has 1 fully saturated rings. The Morgan fingerprint density at radius 1 is 1.54 bits per heavy atom. The lowest BCUT2D eigenvalue weighted by Crippen LogP contribution is -2.23. The van der Waals surface area contributed by atoms with Crippen LogP contribution in [0.4, 0.5) is 0 Å². The third kappa shape index (κ3) is 2.00. The van der Waals surface area contributed by atoms with E-state index in [1.165, 1.54) is 11.3 Å². The summed E-state index contributed by atoms with van der Waals surface area (Å²) >= 11 is 7.23. The summed E-state index contributed by atoms with van der Waals surface area (Å²) in [5, 5.41) is 8.95. The minimum Gasteiger partial charge on any atom is -0.381 e. The fourth-order valence-electron chi connectivity index (χ4n) is 1.61. The van der Waals surface area contributed by atoms with Crippen LogP contribution in [0, 0.1) is 5.92 Å². The van der Waals surface area contributed by atoms with Crippen LogP contribution in [0.15, 0.2) is 0 Å². The zero-order valence-corrected chi connectivity index (χ0v) is 8.94. The molecule has 1 aromatic heterocycles. The Morgan fingerprint density at radius 3 is 3.00 bits per heavy atom. The normalized spacial score (nSPS) is 29.1. The SMILES string of the molecule is CC1COCCC1c1nnc(Cl)s1. The fraction of sp³-hybridized carbons (Fsp3) is 0.750. The molecule has 0 amide bonds. The molecule has 5 heteroatoms. The van der Waals surface area contributed by atoms with Gasteiger partial charge in [-0.05, 0) is 23.9 Å². The number of aromatic nitrogens is 2. The van der Waals surface area contributed by atoms with Gasteiger partial charge in [-0.2, -0.15) is 0 Å². The van der Waals surface area contributed by atoms with Gasteiger partial charge in [0.1, 0.15) is 5.01 Å². The van der Waals surface area contributed by atoms with Gasteiger partial charge in [-0.1, -0.05) is 18.3 Å². The molecule has 0 saturated carbocycles. The van der Waals surface area contributed by atoms with Gasteiger partial charge < -0.3 is 4.74 Å². The van der Waals surface area contributed by atoms with Crippen LogP contribution in [-0.4, -0.2) is 23.4 Å². The molecule has 1 aliphatic heterocycles. The predicted molar refractivity (Wildman–Crippen MR) is 52.3 cm³/mol. The third-order valence-corrected chi connectivity index (χ3v) is 3.52. The lowest BCUT2D eigenvalue weighted by molar-refractivity contribution is 0.0471. The molecule has 2 rings (SSSR count). The molecular formula is C8H11ClN2OS. The average molecular weight is 219 g/mol. The van der Waals surface area contributed by atoms with E-state index in [0.717, 1.165) is 24.6 Å². The smallest absolute Gasteiger partial charge is 0.207 e. The fourth-order valence-corrected chi connectivity index (χ4v) is 2.72. The van der Waals surface area contributed by atoms with Crippen molar-refractivity contribution >= 4 is 22.9 Å². The minimum absolute atomic E-state index is 0.485. The van der Waals surface area contributed by atoms with Gasteiger partial charge in [-0.3, -0.25) is 0 Å². The number of ether oxygens (including phenoxy) is 1. The summed E-state index contributed by atoms with van der Waals surface area (Å²) in [5.74, 6) is 1.01. The molecule has 2 heterocycles. The Kier molecular flexibility index (Phi) is 2.81. The van der Waals surface area contributed by atoms with Crippen molar-refractivity contribution in [3.8, 4) is 0 Å². The number of nitrogens with zero attached hydrogens (tertiary/aromatic N) is 2. The number of halogens is 1. The monoisotopic (exact) mass is 218 g/mol. The minimum atomic E-state index is 0.485. The Balaban J connectivity index is 2.14. The van der Waals surface area contributed by atoms with Crippen molar-refractivity contribution in [2.45, 2.75) is 19.3 Å². The van der Waals surface area contributed by atoms with Gasteiger partial charge >= 0.3 is 0 Å². The maximum atomic E-state index is 5.74. The average Bonchev–Trinajstić information content (AvgIpc) is 2.53. The van der Waals surface area contributed by atoms with Crippen LogP contribution in [0.5, 0.6) is 0 Å². The van der Waals surface area contributed by atoms with Gasteiger partial charge in [0.25, 0.3) is 0 Å². The molecule has 0 spiro atoms. The van der Waals surface area contributed by atoms with E-state index in [0.29, 0.717) is 16.3 Å². The van der Waals surface area contributed by atoms with Gasteiger partial charge in [0.2, 0.25) is 4.47 Å². The molecule has 72 valence electrons. The van der Waals surface area contributed by atoms with E-state index in [2.05, 4.69) is 17.1 Å². The zero-order valence-electron chi connectivity index (χ0n) is 7.36. The van der Waals surface area contributed by atoms with Crippen LogP contribution in [0.2, 0.25) is 4.47 Å². The van der Waals surface area contributed by atoms with Crippen molar-refractivity contribution in [1.82, 2.24) is 10.2 Å². The van der Waals surface area contributed by atoms with Crippen LogP contribution in [-0.2, 0) is 4.74 Å². The summed E-state index contributed by atoms with van der Waals surface area (Å²) < 4.78 is 5.90. The van der Waals surface area contributed by atoms with Gasteiger partial charge in [-0.25, -0.2) is 0 Å². The lowest BCUT2D eigenvalue weighted by Gasteiger charge is -2.26. The van der Waals surface area contributed by atoms with E-state index in [9.17, 15) is 0 Å². The van der Waals surface area contributed by atoms with Gasteiger partial charge in [0, 0.05) is 19.1 Å². The first-order valence-electron chi connectivity index (χ1n) is 4.34. The van der Waals surface area contributed by atoms with E-state index in [-0.39, 0.29) is 0 Å². The molecule has 0 aliphatic carbocycles. The van der Waals surface area contributed by atoms with Crippen LogP contribution in [0.3, 0.4) is 0 Å². The summed E-state index contributed by atoms with van der Waals surface area (Å²) in [4.78, 5) is 0. The Bertz CT molecular complexity index is 291. The van der Waals surface area contributed by atoms with Crippen molar-refractivity contribution < 1.29 is 4.74 Å². The second kappa shape index (κ2) is 3.90. The summed E-state index contributed by atoms with van der Waals surface area (Å²) in [5.41, 5.74) is 0. The second-order valence-corrected chi connectivity index (χ2v) is 4.93. The predicted octanol–water partition coefficient (Wildman–Crippen LogP) is 2.33. The van der Waals surface area contributed by atoms with E-state index in [4.69, 9.17) is 16.3 Å². The first kappa shape index (κ1) is 9.37. The van der Waals surface area contributed by atoms with Crippen molar-refractivity contribution in [3.63, 3.8) is 0 Å². The van der Waals surface area contributed by atoms with E-state index < -0.39 is 0 Å². The van der Waals surface area contributed by atoms with Crippen molar-refractivity contribution in [3.05, 3.63) is 9.47 Å². The molecular weight excluding hydrogens is 208 g/mol. The number of hydrogen-bond acceptors (Lipinski definition) is 4. The summed E-state index contributed by atoms with van der Waals surface area (Å²) in [6.07, 6.45) is 1.03. The van der Waals surface area contributed by atoms with Crippen LogP contribution < -0.4 is 0 Å². The summed E-state index contributed by atoms with van der Waals surface area (Å²) in [6, 6.07) is 0. The van der Waals surface area contributed by atoms with Gasteiger partial charge in [-0.15, -0.1) is 10.2 Å². The maximum absolute atomic E-state index is 5.74. The van der Waals surface area contributed by atoms with Crippen molar-refractivity contribution in [2.24, 2.45) is 5.92 Å². The summed E-state index contributed by atoms with van der Waals surface area (Å²) in [6.45, 7) is 3.83. The third-order valence-electron chi connectivity index (χ3n) is 2.37. The van der Waals surface area contributed by atoms with Crippen LogP contribution in [0.1, 0.15) is 24.3 Å². The topological polar surface area (TPSA) is 35.0 Å². The van der Waals surface area contributed by atoms with Crippen LogP contribution >= 0.6 is 22.9 Å². The molecule has 1 aliphatic rings. The molecule has 2 unspecified atom stereocenters. The Hall–Kier alpha value is -0.190. The standard InChI is InChI=1S/C8H11ClN2OS/c1-5-4-12-3-2-6(5)7-10-11-8(9)13-7/h5-6H,2-4H2,1H3. The Morgan fingerprint density at radius 2 is 2.38 bits per heavy atom. The number of hydrogen-bond donors (Lipinski definition) is 0. The summed E-state index contributed by atoms with van der Waals surface area (Å²) in [7, 11) is 0. The highest BCUT2D eigenvalue weighted by atomic mass is 35.5. The van der Waals surface area contributed by atoms with Crippen LogP contribution in [0.25, 0.3) is 0 Å². The molecule has 0 aromatic carbocycles. The van der Waals surface area contributed by atoms with Crippen molar-refractivity contribution in [2.75, 3.05) is 13.2 Å². The van der Waals surface area contributed by atoms with Gasteiger partial charge in [0.15, 0.2) is 0 Å². The highest BCUT2D eigenvalue weighted by Gasteiger charge is 2.26. The largest absolute Gasteiger partial charge is 0.381 e. The number of rotatable bonds is 1. The molecule has 0 N–H and O–H groups in total. The maximum Gasteiger partial charge on any atom is 0.207 e. The molecule has 13 heavy (non-hydrogen) atoms. The molecule has 2 atom stereocenters. The molecule has 3 nitrogen and oxygen atoms in total. The first-order valence-corrected chi connectivity index (χ1v) is 5.53. The molecule has 1 aromatic rings.